The number of hydrogen-bond acceptors (Lipinski definition) is 4. The molecule has 110 valence electrons. The average molecular weight is 330 g/mol. The van der Waals surface area contributed by atoms with E-state index in [-0.39, 0.29) is 5.75 Å². The number of halogens is 1. The third kappa shape index (κ3) is 3.40. The molecule has 0 fully saturated rings. The van der Waals surface area contributed by atoms with Gasteiger partial charge in [0.2, 0.25) is 5.24 Å². The van der Waals surface area contributed by atoms with Crippen LogP contribution >= 0.6 is 23.4 Å². The number of thioether (sulfide) groups is 1. The first-order valence-electron chi connectivity index (χ1n) is 6.67. The molecule has 0 radical (unpaired) electrons. The van der Waals surface area contributed by atoms with E-state index in [1.54, 1.807) is 0 Å². The van der Waals surface area contributed by atoms with Crippen LogP contribution in [-0.4, -0.2) is 16.0 Å². The largest absolute Gasteiger partial charge is 0.431 e. The van der Waals surface area contributed by atoms with Gasteiger partial charge in [0, 0.05) is 11.1 Å². The highest BCUT2D eigenvalue weighted by molar-refractivity contribution is 7.99. The van der Waals surface area contributed by atoms with Gasteiger partial charge in [-0.25, -0.2) is 4.98 Å². The Morgan fingerprint density at radius 3 is 2.18 bits per heavy atom. The highest BCUT2D eigenvalue weighted by Gasteiger charge is 2.17. The smallest absolute Gasteiger partial charge is 0.257 e. The van der Waals surface area contributed by atoms with Crippen molar-refractivity contribution in [2.24, 2.45) is 0 Å². The molecule has 3 aromatic rings. The van der Waals surface area contributed by atoms with Crippen molar-refractivity contribution in [3.05, 3.63) is 60.7 Å². The van der Waals surface area contributed by atoms with Crippen LogP contribution in [0.4, 0.5) is 0 Å². The number of rotatable bonds is 5. The summed E-state index contributed by atoms with van der Waals surface area (Å²) in [5, 5.41) is 0.0115. The Morgan fingerprint density at radius 2 is 1.59 bits per heavy atom. The number of benzene rings is 2. The van der Waals surface area contributed by atoms with E-state index in [0.29, 0.717) is 11.0 Å². The van der Waals surface area contributed by atoms with Crippen molar-refractivity contribution in [1.29, 1.82) is 0 Å². The molecular weight excluding hydrogens is 318 g/mol. The van der Waals surface area contributed by atoms with E-state index in [1.807, 2.05) is 60.7 Å². The van der Waals surface area contributed by atoms with Crippen LogP contribution in [0, 0.1) is 0 Å². The monoisotopic (exact) mass is 329 g/mol. The molecule has 5 heteroatoms. The fraction of sp³-hybridized carbons (Fsp3) is 0.0588. The lowest BCUT2D eigenvalue weighted by atomic mass is 10.1. The predicted molar refractivity (Wildman–Crippen MR) is 89.0 cm³/mol. The normalized spacial score (nSPS) is 10.6. The number of carbonyl (C=O) groups excluding carboxylic acids is 1. The lowest BCUT2D eigenvalue weighted by Gasteiger charge is -2.00. The Morgan fingerprint density at radius 1 is 1.00 bits per heavy atom. The van der Waals surface area contributed by atoms with Crippen molar-refractivity contribution < 1.29 is 9.21 Å². The van der Waals surface area contributed by atoms with Crippen molar-refractivity contribution in [2.75, 3.05) is 5.75 Å². The van der Waals surface area contributed by atoms with Crippen molar-refractivity contribution in [3.63, 3.8) is 0 Å². The van der Waals surface area contributed by atoms with Crippen LogP contribution in [0.1, 0.15) is 0 Å². The molecular formula is C17H12ClNO2S. The second-order valence-electron chi connectivity index (χ2n) is 4.53. The summed E-state index contributed by atoms with van der Waals surface area (Å²) >= 11 is 6.57. The van der Waals surface area contributed by atoms with Crippen LogP contribution in [0.5, 0.6) is 0 Å². The molecule has 0 unspecified atom stereocenters. The van der Waals surface area contributed by atoms with Crippen molar-refractivity contribution in [2.45, 2.75) is 5.22 Å². The highest BCUT2D eigenvalue weighted by Crippen LogP contribution is 2.35. The SMILES string of the molecule is O=C(Cl)CSc1nc(-c2ccccc2)c(-c2ccccc2)o1. The molecule has 3 rings (SSSR count). The zero-order valence-corrected chi connectivity index (χ0v) is 13.1. The summed E-state index contributed by atoms with van der Waals surface area (Å²) in [4.78, 5) is 15.4. The number of aromatic nitrogens is 1. The van der Waals surface area contributed by atoms with E-state index in [4.69, 9.17) is 16.0 Å². The van der Waals surface area contributed by atoms with Crippen LogP contribution < -0.4 is 0 Å². The second kappa shape index (κ2) is 6.81. The van der Waals surface area contributed by atoms with Crippen LogP contribution in [0.2, 0.25) is 0 Å². The molecule has 3 nitrogen and oxygen atoms in total. The second-order valence-corrected chi connectivity index (χ2v) is 5.88. The van der Waals surface area contributed by atoms with Crippen molar-refractivity contribution in [3.8, 4) is 22.6 Å². The van der Waals surface area contributed by atoms with E-state index in [9.17, 15) is 4.79 Å². The third-order valence-corrected chi connectivity index (χ3v) is 4.12. The Bertz CT molecular complexity index is 715. The maximum absolute atomic E-state index is 10.9. The molecule has 0 N–H and O–H groups in total. The van der Waals surface area contributed by atoms with Crippen LogP contribution in [-0.2, 0) is 4.79 Å². The fourth-order valence-electron chi connectivity index (χ4n) is 2.06. The molecule has 0 aliphatic heterocycles. The van der Waals surface area contributed by atoms with Crippen LogP contribution in [0.25, 0.3) is 22.6 Å². The van der Waals surface area contributed by atoms with E-state index in [2.05, 4.69) is 4.98 Å². The summed E-state index contributed by atoms with van der Waals surface area (Å²) in [7, 11) is 0. The summed E-state index contributed by atoms with van der Waals surface area (Å²) in [6.07, 6.45) is 0. The van der Waals surface area contributed by atoms with Gasteiger partial charge in [0.05, 0.1) is 5.75 Å². The standard InChI is InChI=1S/C17H12ClNO2S/c18-14(20)11-22-17-19-15(12-7-3-1-4-8-12)16(21-17)13-9-5-2-6-10-13/h1-10H,11H2. The van der Waals surface area contributed by atoms with Gasteiger partial charge in [-0.05, 0) is 11.6 Å². The first-order valence-corrected chi connectivity index (χ1v) is 8.03. The minimum absolute atomic E-state index is 0.129. The molecule has 0 spiro atoms. The Balaban J connectivity index is 2.04. The quantitative estimate of drug-likeness (QED) is 0.495. The lowest BCUT2D eigenvalue weighted by Crippen LogP contribution is -1.88. The first kappa shape index (κ1) is 14.9. The number of oxazole rings is 1. The van der Waals surface area contributed by atoms with E-state index in [1.165, 1.54) is 11.8 Å². The Labute approximate surface area is 137 Å². The third-order valence-electron chi connectivity index (χ3n) is 3.00. The molecule has 0 saturated carbocycles. The topological polar surface area (TPSA) is 43.1 Å². The van der Waals surface area contributed by atoms with Gasteiger partial charge in [0.1, 0.15) is 5.69 Å². The molecule has 2 aromatic carbocycles. The summed E-state index contributed by atoms with van der Waals surface area (Å²) < 4.78 is 5.85. The maximum Gasteiger partial charge on any atom is 0.257 e. The van der Waals surface area contributed by atoms with E-state index < -0.39 is 5.24 Å². The number of nitrogens with zero attached hydrogens (tertiary/aromatic N) is 1. The summed E-state index contributed by atoms with van der Waals surface area (Å²) in [6, 6.07) is 19.6. The minimum Gasteiger partial charge on any atom is -0.431 e. The van der Waals surface area contributed by atoms with Gasteiger partial charge in [-0.1, -0.05) is 72.4 Å². The molecule has 0 aliphatic rings. The Hall–Kier alpha value is -2.04. The average Bonchev–Trinajstić information content (AvgIpc) is 2.99. The Kier molecular flexibility index (Phi) is 4.61. The van der Waals surface area contributed by atoms with Crippen molar-refractivity contribution >= 4 is 28.6 Å². The molecule has 0 saturated heterocycles. The zero-order chi connectivity index (χ0) is 15.4. The minimum atomic E-state index is -0.425. The molecule has 0 aliphatic carbocycles. The molecule has 1 heterocycles. The summed E-state index contributed by atoms with van der Waals surface area (Å²) in [5.74, 6) is 0.821. The summed E-state index contributed by atoms with van der Waals surface area (Å²) in [5.41, 5.74) is 2.67. The van der Waals surface area contributed by atoms with Gasteiger partial charge in [-0.15, -0.1) is 0 Å². The van der Waals surface area contributed by atoms with Gasteiger partial charge in [0.25, 0.3) is 5.22 Å². The lowest BCUT2D eigenvalue weighted by molar-refractivity contribution is -0.109. The van der Waals surface area contributed by atoms with Gasteiger partial charge in [-0.2, -0.15) is 0 Å². The molecule has 0 amide bonds. The van der Waals surface area contributed by atoms with Gasteiger partial charge in [-0.3, -0.25) is 4.79 Å². The molecule has 0 bridgehead atoms. The summed E-state index contributed by atoms with van der Waals surface area (Å²) in [6.45, 7) is 0. The van der Waals surface area contributed by atoms with Crippen LogP contribution in [0.15, 0.2) is 70.3 Å². The van der Waals surface area contributed by atoms with Crippen molar-refractivity contribution in [1.82, 2.24) is 4.98 Å². The molecule has 0 atom stereocenters. The molecule has 1 aromatic heterocycles. The fourth-order valence-corrected chi connectivity index (χ4v) is 2.76. The van der Waals surface area contributed by atoms with Gasteiger partial charge in [0.15, 0.2) is 5.76 Å². The maximum atomic E-state index is 10.9. The number of carbonyl (C=O) groups is 1. The van der Waals surface area contributed by atoms with Gasteiger partial charge < -0.3 is 4.42 Å². The molecule has 22 heavy (non-hydrogen) atoms. The zero-order valence-electron chi connectivity index (χ0n) is 11.5. The van der Waals surface area contributed by atoms with Gasteiger partial charge >= 0.3 is 0 Å². The predicted octanol–water partition coefficient (Wildman–Crippen LogP) is 4.87. The first-order chi connectivity index (χ1) is 10.7. The van der Waals surface area contributed by atoms with Crippen LogP contribution in [0.3, 0.4) is 0 Å². The van der Waals surface area contributed by atoms with E-state index in [0.717, 1.165) is 16.8 Å². The van der Waals surface area contributed by atoms with E-state index >= 15 is 0 Å². The highest BCUT2D eigenvalue weighted by atomic mass is 35.5. The number of hydrogen-bond donors (Lipinski definition) is 0.